The number of fused-ring (bicyclic) bond motifs is 4. The number of benzene rings is 12. The van der Waals surface area contributed by atoms with Crippen LogP contribution in [0.3, 0.4) is 0 Å². The van der Waals surface area contributed by atoms with E-state index in [9.17, 15) is 90.8 Å². The molecule has 0 fully saturated rings. The van der Waals surface area contributed by atoms with Crippen molar-refractivity contribution in [3.8, 4) is 121 Å². The van der Waals surface area contributed by atoms with Gasteiger partial charge in [0, 0.05) is 97.4 Å². The molecule has 0 amide bonds. The monoisotopic (exact) mass is 1640 g/mol. The Morgan fingerprint density at radius 2 is 0.738 bits per heavy atom. The zero-order valence-corrected chi connectivity index (χ0v) is 64.2. The van der Waals surface area contributed by atoms with Crippen LogP contribution in [0.15, 0.2) is 268 Å². The topological polar surface area (TPSA) is 284 Å². The van der Waals surface area contributed by atoms with E-state index in [1.54, 1.807) is 56.4 Å². The van der Waals surface area contributed by atoms with Gasteiger partial charge in [-0.3, -0.25) is 0 Å². The Hall–Kier alpha value is -16.6. The minimum absolute atomic E-state index is 0.0896. The number of carbonyl (C=O) groups is 4. The highest BCUT2D eigenvalue weighted by atomic mass is 19.4. The predicted octanol–water partition coefficient (Wildman–Crippen LogP) is 22.3. The van der Waals surface area contributed by atoms with Gasteiger partial charge in [-0.15, -0.1) is 13.2 Å². The number of hydrogen-bond acceptors (Lipinski definition) is 12. The number of carboxylic acid groups (broad SMARTS) is 4. The SMILES string of the molecule is Cc1cc(F)cc(C#Cc2c(-c3ccccc3)oc3cc(O)c(C(=O)O)cc23)c1.Cc1ccc(C#Cc2c(-c3ccccc3C(F)(F)F)n(C)c3cc(O)c(C(=O)O)cc23)cc1.Cc1cccc(C#Cc2c(-c3ccccc3)oc3cc(O)c(C(=O)O)cc23)c1.O=C(O)c1cc2c(C#Cc3ccc(OC(F)(F)F)cc3)c(-c3ccccc3)oc2cc1O. The van der Waals surface area contributed by atoms with Crippen LogP contribution >= 0.6 is 0 Å². The molecule has 0 bridgehead atoms. The van der Waals surface area contributed by atoms with Crippen molar-refractivity contribution in [1.82, 2.24) is 4.57 Å². The summed E-state index contributed by atoms with van der Waals surface area (Å²) >= 11 is 0. The Balaban J connectivity index is 0.000000140. The second-order valence-corrected chi connectivity index (χ2v) is 27.4. The maximum atomic E-state index is 13.8. The largest absolute Gasteiger partial charge is 0.573 e. The van der Waals surface area contributed by atoms with E-state index in [0.717, 1.165) is 51.6 Å². The van der Waals surface area contributed by atoms with Crippen molar-refractivity contribution in [3.05, 3.63) is 350 Å². The van der Waals surface area contributed by atoms with Crippen molar-refractivity contribution >= 4 is 67.7 Å². The summed E-state index contributed by atoms with van der Waals surface area (Å²) in [6.07, 6.45) is -9.40. The number of aromatic hydroxyl groups is 4. The van der Waals surface area contributed by atoms with Gasteiger partial charge in [0.15, 0.2) is 17.3 Å². The highest BCUT2D eigenvalue weighted by Crippen LogP contribution is 2.44. The first kappa shape index (κ1) is 83.4. The van der Waals surface area contributed by atoms with Crippen LogP contribution in [-0.2, 0) is 13.2 Å². The Morgan fingerprint density at radius 3 is 1.15 bits per heavy atom. The van der Waals surface area contributed by atoms with Gasteiger partial charge in [0.1, 0.15) is 73.6 Å². The third-order valence-corrected chi connectivity index (χ3v) is 18.8. The molecule has 0 saturated heterocycles. The molecule has 0 saturated carbocycles. The van der Waals surface area contributed by atoms with Gasteiger partial charge < -0.3 is 63.4 Å². The summed E-state index contributed by atoms with van der Waals surface area (Å²) < 4.78 is 115. The van der Waals surface area contributed by atoms with Crippen molar-refractivity contribution in [2.24, 2.45) is 7.05 Å². The molecular weight excluding hydrogens is 1580 g/mol. The number of aryl methyl sites for hydroxylation is 4. The fraction of sp³-hybridized carbons (Fsp3) is 0.0612. The average Bonchev–Trinajstić information content (AvgIpc) is 1.58. The number of rotatable bonds is 9. The van der Waals surface area contributed by atoms with Crippen molar-refractivity contribution in [1.29, 1.82) is 0 Å². The van der Waals surface area contributed by atoms with E-state index >= 15 is 0 Å². The van der Waals surface area contributed by atoms with E-state index in [2.05, 4.69) is 52.1 Å². The first-order chi connectivity index (χ1) is 58.2. The number of phenols is 4. The molecular formula is C98H62F7NO16. The second kappa shape index (κ2) is 35.1. The molecule has 16 aromatic rings. The normalized spacial score (nSPS) is 10.9. The lowest BCUT2D eigenvalue weighted by Crippen LogP contribution is -2.16. The Kier molecular flexibility index (Phi) is 24.0. The summed E-state index contributed by atoms with van der Waals surface area (Å²) in [5.74, 6) is 17.7. The first-order valence-electron chi connectivity index (χ1n) is 36.6. The highest BCUT2D eigenvalue weighted by molar-refractivity contribution is 6.05. The van der Waals surface area contributed by atoms with Crippen molar-refractivity contribution in [3.63, 3.8) is 0 Å². The number of aromatic carboxylic acids is 4. The summed E-state index contributed by atoms with van der Waals surface area (Å²) in [5.41, 5.74) is 8.66. The standard InChI is InChI=1S/C26H18F3NO3.C24H13F3O5.C24H15FO4.C24H16O4/c1-15-7-9-16(10-8-15)11-12-17-19-13-20(25(32)33)23(31)14-22(19)30(2)24(17)18-5-3-4-6-21(18)26(27,28)29;25-24(26,27)32-16-9-6-14(7-10-16)8-11-17-18-12-19(23(29)30)20(28)13-21(18)31-22(17)15-4-2-1-3-5-15;1-14-9-15(11-17(25)10-14)7-8-18-19-12-20(24(27)28)21(26)13-22(19)29-23(18)16-5-3-2-4-6-16;1-15-6-5-7-16(12-15)10-11-18-19-13-20(24(26)27)21(25)14-22(19)28-23(18)17-8-3-2-4-9-17/h3-10,13-14,31H,1-2H3,(H,32,33);1-7,9-10,12-13,28H,(H,29,30);2-6,9-13,26H,1H3,(H,27,28);2-9,12-14,25H,1H3,(H,26,27). The van der Waals surface area contributed by atoms with Crippen LogP contribution in [0.1, 0.15) is 108 Å². The van der Waals surface area contributed by atoms with E-state index in [0.29, 0.717) is 94.5 Å². The van der Waals surface area contributed by atoms with Crippen LogP contribution in [0.5, 0.6) is 28.7 Å². The smallest absolute Gasteiger partial charge is 0.507 e. The lowest BCUT2D eigenvalue weighted by molar-refractivity contribution is -0.274. The highest BCUT2D eigenvalue weighted by Gasteiger charge is 2.36. The maximum Gasteiger partial charge on any atom is 0.573 e. The quantitative estimate of drug-likeness (QED) is 0.0492. The number of alkyl halides is 6. The molecule has 17 nitrogen and oxygen atoms in total. The Labute approximate surface area is 688 Å². The molecule has 4 aromatic heterocycles. The first-order valence-corrected chi connectivity index (χ1v) is 36.6. The second-order valence-electron chi connectivity index (χ2n) is 27.4. The molecule has 16 rings (SSSR count). The Morgan fingerprint density at radius 1 is 0.361 bits per heavy atom. The summed E-state index contributed by atoms with van der Waals surface area (Å²) in [7, 11) is 1.56. The number of nitrogens with zero attached hydrogens (tertiary/aromatic N) is 1. The van der Waals surface area contributed by atoms with E-state index in [1.807, 2.05) is 117 Å². The van der Waals surface area contributed by atoms with E-state index in [1.165, 1.54) is 95.6 Å². The van der Waals surface area contributed by atoms with Crippen LogP contribution in [0.25, 0.3) is 89.0 Å². The van der Waals surface area contributed by atoms with Crippen LogP contribution in [0, 0.1) is 74.0 Å². The van der Waals surface area contributed by atoms with E-state index in [4.69, 9.17) is 13.3 Å². The number of aromatic nitrogens is 1. The molecule has 0 unspecified atom stereocenters. The molecule has 0 atom stereocenters. The zero-order chi connectivity index (χ0) is 87.0. The van der Waals surface area contributed by atoms with Gasteiger partial charge >= 0.3 is 36.4 Å². The molecule has 604 valence electrons. The van der Waals surface area contributed by atoms with Gasteiger partial charge in [0.05, 0.1) is 39.0 Å². The van der Waals surface area contributed by atoms with Gasteiger partial charge in [-0.05, 0) is 129 Å². The van der Waals surface area contributed by atoms with Gasteiger partial charge in [-0.1, -0.05) is 186 Å². The predicted molar refractivity (Wildman–Crippen MR) is 443 cm³/mol. The number of furan rings is 3. The van der Waals surface area contributed by atoms with Crippen molar-refractivity contribution < 1.29 is 109 Å². The lowest BCUT2D eigenvalue weighted by Gasteiger charge is -2.14. The van der Waals surface area contributed by atoms with Crippen molar-refractivity contribution in [2.45, 2.75) is 33.3 Å². The van der Waals surface area contributed by atoms with Gasteiger partial charge in [-0.2, -0.15) is 13.2 Å². The minimum atomic E-state index is -4.79. The van der Waals surface area contributed by atoms with Crippen LogP contribution in [0.2, 0.25) is 0 Å². The summed E-state index contributed by atoms with van der Waals surface area (Å²) in [6, 6.07) is 67.8. The summed E-state index contributed by atoms with van der Waals surface area (Å²) in [4.78, 5) is 45.9. The van der Waals surface area contributed by atoms with Crippen LogP contribution in [0.4, 0.5) is 30.7 Å². The molecule has 0 radical (unpaired) electrons. The summed E-state index contributed by atoms with van der Waals surface area (Å²) in [5, 5.41) is 79.4. The Bertz CT molecular complexity index is 7050. The average molecular weight is 1640 g/mol. The zero-order valence-electron chi connectivity index (χ0n) is 64.2. The van der Waals surface area contributed by atoms with E-state index in [-0.39, 0.29) is 62.0 Å². The number of halogens is 7. The van der Waals surface area contributed by atoms with Crippen LogP contribution in [-0.4, -0.2) is 75.7 Å². The van der Waals surface area contributed by atoms with Gasteiger partial charge in [0.2, 0.25) is 0 Å². The molecule has 24 heteroatoms. The summed E-state index contributed by atoms with van der Waals surface area (Å²) in [6.45, 7) is 5.70. The van der Waals surface area contributed by atoms with Gasteiger partial charge in [-0.25, -0.2) is 23.6 Å². The lowest BCUT2D eigenvalue weighted by atomic mass is 9.99. The molecule has 4 heterocycles. The molecule has 0 spiro atoms. The fourth-order valence-electron chi connectivity index (χ4n) is 13.1. The van der Waals surface area contributed by atoms with E-state index < -0.39 is 59.2 Å². The number of hydrogen-bond donors (Lipinski definition) is 8. The third-order valence-electron chi connectivity index (χ3n) is 18.8. The number of carboxylic acids is 4. The molecule has 0 aliphatic rings. The molecule has 0 aliphatic carbocycles. The third kappa shape index (κ3) is 18.9. The van der Waals surface area contributed by atoms with Gasteiger partial charge in [0.25, 0.3) is 0 Å². The molecule has 122 heavy (non-hydrogen) atoms. The molecule has 8 N–H and O–H groups in total. The maximum absolute atomic E-state index is 13.8. The molecule has 0 aliphatic heterocycles. The van der Waals surface area contributed by atoms with Crippen LogP contribution < -0.4 is 4.74 Å². The number of ether oxygens (including phenoxy) is 1. The van der Waals surface area contributed by atoms with Crippen molar-refractivity contribution in [2.75, 3.05) is 0 Å². The minimum Gasteiger partial charge on any atom is -0.507 e. The molecule has 12 aromatic carbocycles. The fourth-order valence-corrected chi connectivity index (χ4v) is 13.1.